The molecule has 0 atom stereocenters. The predicted molar refractivity (Wildman–Crippen MR) is 84.6 cm³/mol. The van der Waals surface area contributed by atoms with Gasteiger partial charge in [0.15, 0.2) is 0 Å². The quantitative estimate of drug-likeness (QED) is 0.684. The van der Waals surface area contributed by atoms with Gasteiger partial charge in [0.2, 0.25) is 0 Å². The fourth-order valence-corrected chi connectivity index (χ4v) is 2.06. The van der Waals surface area contributed by atoms with Crippen molar-refractivity contribution < 1.29 is 4.79 Å². The molecule has 2 rings (SSSR count). The van der Waals surface area contributed by atoms with Crippen LogP contribution in [0.3, 0.4) is 0 Å². The van der Waals surface area contributed by atoms with E-state index < -0.39 is 5.91 Å². The van der Waals surface area contributed by atoms with Gasteiger partial charge in [-0.15, -0.1) is 0 Å². The van der Waals surface area contributed by atoms with E-state index in [0.717, 1.165) is 22.4 Å². The summed E-state index contributed by atoms with van der Waals surface area (Å²) in [5, 5.41) is 12.0. The Morgan fingerprint density at radius 2 is 1.67 bits per heavy atom. The van der Waals surface area contributed by atoms with Crippen molar-refractivity contribution in [1.82, 2.24) is 0 Å². The standard InChI is InChI=1S/C18H16N2O/c1-13-7-6-8-14(2)17(13)20-18(21)16(12-19)11-15-9-4-3-5-10-15/h3-11H,1-2H3,(H,20,21). The van der Waals surface area contributed by atoms with E-state index in [2.05, 4.69) is 5.32 Å². The third kappa shape index (κ3) is 3.58. The fourth-order valence-electron chi connectivity index (χ4n) is 2.06. The van der Waals surface area contributed by atoms with Crippen molar-refractivity contribution in [3.63, 3.8) is 0 Å². The monoisotopic (exact) mass is 276 g/mol. The van der Waals surface area contributed by atoms with Gasteiger partial charge in [0.25, 0.3) is 5.91 Å². The number of anilines is 1. The summed E-state index contributed by atoms with van der Waals surface area (Å²) in [6.45, 7) is 3.85. The number of para-hydroxylation sites is 1. The van der Waals surface area contributed by atoms with E-state index in [9.17, 15) is 10.1 Å². The van der Waals surface area contributed by atoms with Gasteiger partial charge < -0.3 is 5.32 Å². The number of nitrogens with one attached hydrogen (secondary N) is 1. The van der Waals surface area contributed by atoms with Gasteiger partial charge in [-0.25, -0.2) is 0 Å². The van der Waals surface area contributed by atoms with Crippen LogP contribution in [0.25, 0.3) is 6.08 Å². The highest BCUT2D eigenvalue weighted by Gasteiger charge is 2.12. The number of nitriles is 1. The number of hydrogen-bond donors (Lipinski definition) is 1. The molecular formula is C18H16N2O. The molecule has 1 amide bonds. The summed E-state index contributed by atoms with van der Waals surface area (Å²) in [6, 6.07) is 17.1. The zero-order valence-electron chi connectivity index (χ0n) is 12.1. The predicted octanol–water partition coefficient (Wildman–Crippen LogP) is 3.85. The van der Waals surface area contributed by atoms with Crippen LogP contribution in [-0.4, -0.2) is 5.91 Å². The second-order valence-electron chi connectivity index (χ2n) is 4.80. The molecule has 0 saturated carbocycles. The van der Waals surface area contributed by atoms with Crippen LogP contribution in [0, 0.1) is 25.2 Å². The van der Waals surface area contributed by atoms with E-state index in [0.29, 0.717) is 0 Å². The number of amides is 1. The maximum atomic E-state index is 12.3. The Morgan fingerprint density at radius 1 is 1.05 bits per heavy atom. The van der Waals surface area contributed by atoms with Gasteiger partial charge in [0.05, 0.1) is 0 Å². The lowest BCUT2D eigenvalue weighted by molar-refractivity contribution is -0.112. The summed E-state index contributed by atoms with van der Waals surface area (Å²) < 4.78 is 0. The number of hydrogen-bond acceptors (Lipinski definition) is 2. The van der Waals surface area contributed by atoms with E-state index in [1.807, 2.05) is 68.4 Å². The molecule has 0 radical (unpaired) electrons. The second kappa shape index (κ2) is 6.53. The number of carbonyl (C=O) groups is 1. The molecule has 0 saturated heterocycles. The zero-order chi connectivity index (χ0) is 15.2. The van der Waals surface area contributed by atoms with Crippen LogP contribution in [0.4, 0.5) is 5.69 Å². The maximum absolute atomic E-state index is 12.3. The molecule has 0 aliphatic rings. The number of rotatable bonds is 3. The van der Waals surface area contributed by atoms with Crippen molar-refractivity contribution >= 4 is 17.7 Å². The summed E-state index contributed by atoms with van der Waals surface area (Å²) in [5.74, 6) is -0.390. The summed E-state index contributed by atoms with van der Waals surface area (Å²) in [5.41, 5.74) is 3.62. The van der Waals surface area contributed by atoms with E-state index in [4.69, 9.17) is 0 Å². The molecule has 3 nitrogen and oxygen atoms in total. The molecule has 104 valence electrons. The topological polar surface area (TPSA) is 52.9 Å². The Balaban J connectivity index is 2.27. The Labute approximate surface area is 124 Å². The van der Waals surface area contributed by atoms with Gasteiger partial charge in [-0.3, -0.25) is 4.79 Å². The minimum absolute atomic E-state index is 0.0869. The molecule has 2 aromatic rings. The molecule has 0 aliphatic carbocycles. The number of benzene rings is 2. The molecule has 21 heavy (non-hydrogen) atoms. The molecule has 0 aliphatic heterocycles. The van der Waals surface area contributed by atoms with Crippen LogP contribution < -0.4 is 5.32 Å². The van der Waals surface area contributed by atoms with Crippen LogP contribution in [0.15, 0.2) is 54.1 Å². The average molecular weight is 276 g/mol. The summed E-state index contributed by atoms with van der Waals surface area (Å²) in [4.78, 5) is 12.3. The largest absolute Gasteiger partial charge is 0.321 e. The van der Waals surface area contributed by atoms with Crippen molar-refractivity contribution in [3.8, 4) is 6.07 Å². The molecule has 2 aromatic carbocycles. The molecule has 0 bridgehead atoms. The van der Waals surface area contributed by atoms with Gasteiger partial charge in [-0.2, -0.15) is 5.26 Å². The van der Waals surface area contributed by atoms with Crippen LogP contribution in [-0.2, 0) is 4.79 Å². The molecule has 0 unspecified atom stereocenters. The van der Waals surface area contributed by atoms with Crippen molar-refractivity contribution in [2.75, 3.05) is 5.32 Å². The van der Waals surface area contributed by atoms with E-state index >= 15 is 0 Å². The van der Waals surface area contributed by atoms with Crippen molar-refractivity contribution in [2.24, 2.45) is 0 Å². The SMILES string of the molecule is Cc1cccc(C)c1NC(=O)C(C#N)=Cc1ccccc1. The van der Waals surface area contributed by atoms with Gasteiger partial charge >= 0.3 is 0 Å². The lowest BCUT2D eigenvalue weighted by Crippen LogP contribution is -2.15. The van der Waals surface area contributed by atoms with Gasteiger partial charge in [0.1, 0.15) is 11.6 Å². The molecule has 3 heteroatoms. The first-order chi connectivity index (χ1) is 10.1. The summed E-state index contributed by atoms with van der Waals surface area (Å²) in [6.07, 6.45) is 1.59. The first-order valence-corrected chi connectivity index (χ1v) is 6.66. The fraction of sp³-hybridized carbons (Fsp3) is 0.111. The van der Waals surface area contributed by atoms with E-state index in [-0.39, 0.29) is 5.57 Å². The Hall–Kier alpha value is -2.86. The molecule has 1 N–H and O–H groups in total. The molecule has 0 heterocycles. The third-order valence-corrected chi connectivity index (χ3v) is 3.20. The highest BCUT2D eigenvalue weighted by Crippen LogP contribution is 2.20. The van der Waals surface area contributed by atoms with Gasteiger partial charge in [0, 0.05) is 5.69 Å². The normalized spacial score (nSPS) is 10.8. The molecule has 0 fully saturated rings. The lowest BCUT2D eigenvalue weighted by Gasteiger charge is -2.10. The third-order valence-electron chi connectivity index (χ3n) is 3.20. The van der Waals surface area contributed by atoms with Crippen molar-refractivity contribution in [2.45, 2.75) is 13.8 Å². The van der Waals surface area contributed by atoms with E-state index in [1.165, 1.54) is 0 Å². The minimum Gasteiger partial charge on any atom is -0.321 e. The lowest BCUT2D eigenvalue weighted by atomic mass is 10.1. The summed E-state index contributed by atoms with van der Waals surface area (Å²) >= 11 is 0. The van der Waals surface area contributed by atoms with Crippen LogP contribution in [0.1, 0.15) is 16.7 Å². The molecular weight excluding hydrogens is 260 g/mol. The first kappa shape index (κ1) is 14.5. The second-order valence-corrected chi connectivity index (χ2v) is 4.80. The Morgan fingerprint density at radius 3 is 2.24 bits per heavy atom. The molecule has 0 aromatic heterocycles. The Bertz CT molecular complexity index is 704. The summed E-state index contributed by atoms with van der Waals surface area (Å²) in [7, 11) is 0. The number of aryl methyl sites for hydroxylation is 2. The highest BCUT2D eigenvalue weighted by molar-refractivity contribution is 6.10. The van der Waals surface area contributed by atoms with Crippen LogP contribution in [0.5, 0.6) is 0 Å². The van der Waals surface area contributed by atoms with E-state index in [1.54, 1.807) is 6.08 Å². The number of nitrogens with zero attached hydrogens (tertiary/aromatic N) is 1. The average Bonchev–Trinajstić information content (AvgIpc) is 2.49. The van der Waals surface area contributed by atoms with Crippen molar-refractivity contribution in [1.29, 1.82) is 5.26 Å². The first-order valence-electron chi connectivity index (χ1n) is 6.66. The van der Waals surface area contributed by atoms with Crippen LogP contribution in [0.2, 0.25) is 0 Å². The minimum atomic E-state index is -0.390. The van der Waals surface area contributed by atoms with Gasteiger partial charge in [-0.05, 0) is 36.6 Å². The molecule has 0 spiro atoms. The Kier molecular flexibility index (Phi) is 4.53. The van der Waals surface area contributed by atoms with Gasteiger partial charge in [-0.1, -0.05) is 48.5 Å². The highest BCUT2D eigenvalue weighted by atomic mass is 16.1. The van der Waals surface area contributed by atoms with Crippen LogP contribution >= 0.6 is 0 Å². The van der Waals surface area contributed by atoms with Crippen molar-refractivity contribution in [3.05, 3.63) is 70.8 Å². The zero-order valence-corrected chi connectivity index (χ0v) is 12.1. The number of carbonyl (C=O) groups excluding carboxylic acids is 1. The smallest absolute Gasteiger partial charge is 0.266 e. The maximum Gasteiger partial charge on any atom is 0.266 e.